The van der Waals surface area contributed by atoms with Crippen LogP contribution >= 0.6 is 23.1 Å². The van der Waals surface area contributed by atoms with E-state index in [1.54, 1.807) is 18.3 Å². The quantitative estimate of drug-likeness (QED) is 0.812. The lowest BCUT2D eigenvalue weighted by Gasteiger charge is -2.26. The number of aromatic nitrogens is 2. The zero-order chi connectivity index (χ0) is 13.2. The van der Waals surface area contributed by atoms with Gasteiger partial charge in [0.15, 0.2) is 0 Å². The monoisotopic (exact) mass is 295 g/mol. The molecule has 0 bridgehead atoms. The van der Waals surface area contributed by atoms with Gasteiger partial charge in [-0.1, -0.05) is 11.8 Å². The van der Waals surface area contributed by atoms with E-state index >= 15 is 0 Å². The molecule has 2 aromatic heterocycles. The van der Waals surface area contributed by atoms with Crippen LogP contribution in [0.25, 0.3) is 0 Å². The van der Waals surface area contributed by atoms with Crippen molar-refractivity contribution < 1.29 is 9.21 Å². The van der Waals surface area contributed by atoms with Gasteiger partial charge in [-0.15, -0.1) is 21.5 Å². The van der Waals surface area contributed by atoms with Gasteiger partial charge in [-0.25, -0.2) is 0 Å². The summed E-state index contributed by atoms with van der Waals surface area (Å²) < 4.78 is 5.24. The number of thioether (sulfide) groups is 1. The van der Waals surface area contributed by atoms with Crippen LogP contribution in [-0.4, -0.2) is 33.3 Å². The fourth-order valence-corrected chi connectivity index (χ4v) is 3.61. The maximum Gasteiger partial charge on any atom is 0.277 e. The first-order chi connectivity index (χ1) is 9.22. The van der Waals surface area contributed by atoms with Gasteiger partial charge in [0, 0.05) is 24.9 Å². The first-order valence-corrected chi connectivity index (χ1v) is 7.85. The number of hydrogen-bond donors (Lipinski definition) is 0. The highest BCUT2D eigenvalue weighted by Gasteiger charge is 2.21. The van der Waals surface area contributed by atoms with Crippen LogP contribution in [0.4, 0.5) is 0 Å². The lowest BCUT2D eigenvalue weighted by molar-refractivity contribution is -0.129. The van der Waals surface area contributed by atoms with E-state index in [9.17, 15) is 4.79 Å². The van der Waals surface area contributed by atoms with E-state index in [2.05, 4.69) is 21.6 Å². The van der Waals surface area contributed by atoms with Crippen molar-refractivity contribution in [2.24, 2.45) is 0 Å². The van der Waals surface area contributed by atoms with Crippen molar-refractivity contribution in [1.82, 2.24) is 15.1 Å². The Balaban J connectivity index is 1.57. The van der Waals surface area contributed by atoms with Crippen LogP contribution in [0.15, 0.2) is 21.1 Å². The highest BCUT2D eigenvalue weighted by molar-refractivity contribution is 7.99. The molecule has 3 heterocycles. The van der Waals surface area contributed by atoms with Gasteiger partial charge in [0.05, 0.1) is 5.75 Å². The SMILES string of the molecule is Cc1nnc(SCC(=O)N2CCc3sccc3C2)o1. The Labute approximate surface area is 119 Å². The molecule has 0 fully saturated rings. The van der Waals surface area contributed by atoms with E-state index in [4.69, 9.17) is 4.42 Å². The molecule has 1 aliphatic heterocycles. The molecule has 0 aromatic carbocycles. The van der Waals surface area contributed by atoms with Crippen molar-refractivity contribution in [2.75, 3.05) is 12.3 Å². The lowest BCUT2D eigenvalue weighted by Crippen LogP contribution is -2.36. The summed E-state index contributed by atoms with van der Waals surface area (Å²) in [5.41, 5.74) is 1.28. The van der Waals surface area contributed by atoms with Gasteiger partial charge >= 0.3 is 0 Å². The van der Waals surface area contributed by atoms with Gasteiger partial charge in [0.25, 0.3) is 5.22 Å². The number of fused-ring (bicyclic) bond motifs is 1. The summed E-state index contributed by atoms with van der Waals surface area (Å²) in [5, 5.41) is 10.2. The first kappa shape index (κ1) is 12.7. The third-order valence-electron chi connectivity index (χ3n) is 2.99. The molecule has 0 aliphatic carbocycles. The average molecular weight is 295 g/mol. The Kier molecular flexibility index (Phi) is 3.56. The minimum absolute atomic E-state index is 0.123. The molecule has 1 aliphatic rings. The topological polar surface area (TPSA) is 59.2 Å². The maximum atomic E-state index is 12.1. The van der Waals surface area contributed by atoms with Crippen LogP contribution in [0.5, 0.6) is 0 Å². The predicted molar refractivity (Wildman–Crippen MR) is 73.2 cm³/mol. The molecule has 3 rings (SSSR count). The van der Waals surface area contributed by atoms with Gasteiger partial charge in [-0.05, 0) is 23.4 Å². The molecule has 2 aromatic rings. The molecule has 0 N–H and O–H groups in total. The number of hydrogen-bond acceptors (Lipinski definition) is 6. The number of amides is 1. The molecule has 100 valence electrons. The highest BCUT2D eigenvalue weighted by atomic mass is 32.2. The number of nitrogens with zero attached hydrogens (tertiary/aromatic N) is 3. The van der Waals surface area contributed by atoms with Crippen molar-refractivity contribution >= 4 is 29.0 Å². The Bertz CT molecular complexity index is 593. The minimum Gasteiger partial charge on any atom is -0.416 e. The Hall–Kier alpha value is -1.34. The lowest BCUT2D eigenvalue weighted by atomic mass is 10.1. The summed E-state index contributed by atoms with van der Waals surface area (Å²) in [5.74, 6) is 0.995. The van der Waals surface area contributed by atoms with Crippen LogP contribution in [0.1, 0.15) is 16.3 Å². The summed E-state index contributed by atoms with van der Waals surface area (Å²) in [6.07, 6.45) is 0.961. The summed E-state index contributed by atoms with van der Waals surface area (Å²) in [6, 6.07) is 2.11. The standard InChI is InChI=1S/C12H13N3O2S2/c1-8-13-14-12(17-8)19-7-11(16)15-4-2-10-9(6-15)3-5-18-10/h3,5H,2,4,6-7H2,1H3. The van der Waals surface area contributed by atoms with E-state index in [0.29, 0.717) is 16.9 Å². The number of carbonyl (C=O) groups is 1. The van der Waals surface area contributed by atoms with E-state index < -0.39 is 0 Å². The van der Waals surface area contributed by atoms with Crippen LogP contribution in [0, 0.1) is 6.92 Å². The van der Waals surface area contributed by atoms with Gasteiger partial charge < -0.3 is 9.32 Å². The predicted octanol–water partition coefficient (Wildman–Crippen LogP) is 2.12. The van der Waals surface area contributed by atoms with Crippen LogP contribution < -0.4 is 0 Å². The van der Waals surface area contributed by atoms with Crippen molar-refractivity contribution in [3.05, 3.63) is 27.8 Å². The summed E-state index contributed by atoms with van der Waals surface area (Å²) in [7, 11) is 0. The molecular weight excluding hydrogens is 282 g/mol. The zero-order valence-corrected chi connectivity index (χ0v) is 12.1. The van der Waals surface area contributed by atoms with E-state index in [-0.39, 0.29) is 5.91 Å². The molecule has 19 heavy (non-hydrogen) atoms. The van der Waals surface area contributed by atoms with Gasteiger partial charge in [0.1, 0.15) is 0 Å². The Morgan fingerprint density at radius 1 is 1.58 bits per heavy atom. The van der Waals surface area contributed by atoms with E-state index in [0.717, 1.165) is 19.5 Å². The van der Waals surface area contributed by atoms with Gasteiger partial charge in [-0.3, -0.25) is 4.79 Å². The first-order valence-electron chi connectivity index (χ1n) is 5.98. The zero-order valence-electron chi connectivity index (χ0n) is 10.5. The highest BCUT2D eigenvalue weighted by Crippen LogP contribution is 2.25. The van der Waals surface area contributed by atoms with Crippen molar-refractivity contribution in [3.8, 4) is 0 Å². The number of aryl methyl sites for hydroxylation is 1. The number of thiophene rings is 1. The molecule has 0 radical (unpaired) electrons. The molecule has 7 heteroatoms. The smallest absolute Gasteiger partial charge is 0.277 e. The molecule has 0 saturated carbocycles. The molecule has 0 saturated heterocycles. The van der Waals surface area contributed by atoms with E-state index in [1.807, 2.05) is 4.90 Å². The van der Waals surface area contributed by atoms with Crippen LogP contribution in [0.3, 0.4) is 0 Å². The number of rotatable bonds is 3. The summed E-state index contributed by atoms with van der Waals surface area (Å²) >= 11 is 3.07. The third kappa shape index (κ3) is 2.82. The normalized spacial score (nSPS) is 14.5. The maximum absolute atomic E-state index is 12.1. The van der Waals surface area contributed by atoms with Crippen LogP contribution in [-0.2, 0) is 17.8 Å². The Morgan fingerprint density at radius 3 is 3.26 bits per heavy atom. The van der Waals surface area contributed by atoms with Crippen molar-refractivity contribution in [3.63, 3.8) is 0 Å². The number of carbonyl (C=O) groups excluding carboxylic acids is 1. The second kappa shape index (κ2) is 5.34. The fraction of sp³-hybridized carbons (Fsp3) is 0.417. The average Bonchev–Trinajstić information content (AvgIpc) is 3.03. The largest absolute Gasteiger partial charge is 0.416 e. The van der Waals surface area contributed by atoms with Crippen molar-refractivity contribution in [1.29, 1.82) is 0 Å². The van der Waals surface area contributed by atoms with Crippen LogP contribution in [0.2, 0.25) is 0 Å². The van der Waals surface area contributed by atoms with Gasteiger partial charge in [0.2, 0.25) is 11.8 Å². The molecular formula is C12H13N3O2S2. The Morgan fingerprint density at radius 2 is 2.47 bits per heavy atom. The molecule has 1 amide bonds. The minimum atomic E-state index is 0.123. The van der Waals surface area contributed by atoms with Gasteiger partial charge in [-0.2, -0.15) is 0 Å². The second-order valence-electron chi connectivity index (χ2n) is 4.31. The molecule has 0 unspecified atom stereocenters. The van der Waals surface area contributed by atoms with Crippen molar-refractivity contribution in [2.45, 2.75) is 25.1 Å². The third-order valence-corrected chi connectivity index (χ3v) is 4.81. The fourth-order valence-electron chi connectivity index (χ4n) is 2.01. The molecule has 5 nitrogen and oxygen atoms in total. The summed E-state index contributed by atoms with van der Waals surface area (Å²) in [4.78, 5) is 15.4. The van der Waals surface area contributed by atoms with E-state index in [1.165, 1.54) is 22.2 Å². The molecule has 0 spiro atoms. The molecule has 0 atom stereocenters. The summed E-state index contributed by atoms with van der Waals surface area (Å²) in [6.45, 7) is 3.26. The second-order valence-corrected chi connectivity index (χ2v) is 6.24.